The first-order valence-corrected chi connectivity index (χ1v) is 5.60. The van der Waals surface area contributed by atoms with Gasteiger partial charge in [-0.2, -0.15) is 0 Å². The van der Waals surface area contributed by atoms with Crippen LogP contribution in [0.5, 0.6) is 0 Å². The normalized spacial score (nSPS) is 19.1. The highest BCUT2D eigenvalue weighted by Gasteiger charge is 2.43. The van der Waals surface area contributed by atoms with Crippen molar-refractivity contribution in [3.63, 3.8) is 0 Å². The third kappa shape index (κ3) is 2.30. The number of carbonyl (C=O) groups excluding carboxylic acids is 1. The molecule has 0 N–H and O–H groups in total. The molecule has 0 aliphatic carbocycles. The summed E-state index contributed by atoms with van der Waals surface area (Å²) in [6.45, 7) is 12.6. The van der Waals surface area contributed by atoms with Crippen LogP contribution in [0.2, 0.25) is 0 Å². The third-order valence-electron chi connectivity index (χ3n) is 2.45. The van der Waals surface area contributed by atoms with Gasteiger partial charge in [0.1, 0.15) is 6.54 Å². The van der Waals surface area contributed by atoms with E-state index in [9.17, 15) is 4.79 Å². The van der Waals surface area contributed by atoms with E-state index in [1.54, 1.807) is 4.90 Å². The highest BCUT2D eigenvalue weighted by molar-refractivity contribution is 7.80. The predicted octanol–water partition coefficient (Wildman–Crippen LogP) is 2.01. The number of nitrogens with zero attached hydrogens (tertiary/aromatic N) is 2. The molecule has 1 aliphatic rings. The summed E-state index contributed by atoms with van der Waals surface area (Å²) in [5, 5.41) is 0.653. The van der Waals surface area contributed by atoms with Crippen molar-refractivity contribution in [2.24, 2.45) is 0 Å². The molecule has 1 aliphatic heterocycles. The van der Waals surface area contributed by atoms with Crippen LogP contribution in [-0.2, 0) is 4.79 Å². The maximum atomic E-state index is 11.9. The summed E-state index contributed by atoms with van der Waals surface area (Å²) >= 11 is 5.37. The van der Waals surface area contributed by atoms with Gasteiger partial charge >= 0.3 is 0 Å². The largest absolute Gasteiger partial charge is 0.335 e. The molecule has 3 nitrogen and oxygen atoms in total. The fourth-order valence-electron chi connectivity index (χ4n) is 1.69. The molecule has 86 valence electrons. The van der Waals surface area contributed by atoms with Crippen LogP contribution in [-0.4, -0.2) is 38.4 Å². The first-order valence-electron chi connectivity index (χ1n) is 5.20. The van der Waals surface area contributed by atoms with Gasteiger partial charge in [0, 0.05) is 11.1 Å². The second kappa shape index (κ2) is 3.44. The number of thiocarbonyl (C=S) groups is 1. The van der Waals surface area contributed by atoms with Crippen LogP contribution in [0.25, 0.3) is 0 Å². The van der Waals surface area contributed by atoms with Gasteiger partial charge in [0.05, 0.1) is 0 Å². The molecule has 0 aromatic carbocycles. The molecule has 15 heavy (non-hydrogen) atoms. The van der Waals surface area contributed by atoms with Crippen molar-refractivity contribution in [2.75, 3.05) is 6.54 Å². The first kappa shape index (κ1) is 12.4. The summed E-state index contributed by atoms with van der Waals surface area (Å²) in [6, 6.07) is 0. The van der Waals surface area contributed by atoms with Gasteiger partial charge in [0.25, 0.3) is 0 Å². The molecule has 0 saturated carbocycles. The Bertz CT molecular complexity index is 299. The molecule has 1 fully saturated rings. The van der Waals surface area contributed by atoms with E-state index in [0.717, 1.165) is 0 Å². The number of carbonyl (C=O) groups is 1. The van der Waals surface area contributed by atoms with Gasteiger partial charge in [-0.1, -0.05) is 0 Å². The van der Waals surface area contributed by atoms with Crippen molar-refractivity contribution in [1.82, 2.24) is 9.80 Å². The highest BCUT2D eigenvalue weighted by Crippen LogP contribution is 2.27. The van der Waals surface area contributed by atoms with Gasteiger partial charge in [0.2, 0.25) is 5.91 Å². The van der Waals surface area contributed by atoms with Crippen molar-refractivity contribution in [3.05, 3.63) is 0 Å². The molecular formula is C11H20N2OS. The lowest BCUT2D eigenvalue weighted by molar-refractivity contribution is -0.128. The van der Waals surface area contributed by atoms with Gasteiger partial charge in [-0.15, -0.1) is 0 Å². The summed E-state index contributed by atoms with van der Waals surface area (Å²) in [6.07, 6.45) is 0. The Morgan fingerprint density at radius 2 is 1.53 bits per heavy atom. The van der Waals surface area contributed by atoms with E-state index in [2.05, 4.69) is 20.8 Å². The van der Waals surface area contributed by atoms with Crippen LogP contribution in [0, 0.1) is 0 Å². The maximum Gasteiger partial charge on any atom is 0.248 e. The summed E-state index contributed by atoms with van der Waals surface area (Å²) in [7, 11) is 0. The number of hydrogen-bond acceptors (Lipinski definition) is 2. The van der Waals surface area contributed by atoms with Crippen molar-refractivity contribution in [3.8, 4) is 0 Å². The molecule has 0 atom stereocenters. The number of rotatable bonds is 0. The Morgan fingerprint density at radius 1 is 1.07 bits per heavy atom. The van der Waals surface area contributed by atoms with Crippen molar-refractivity contribution >= 4 is 23.2 Å². The predicted molar refractivity (Wildman–Crippen MR) is 65.7 cm³/mol. The lowest BCUT2D eigenvalue weighted by atomic mass is 10.1. The fourth-order valence-corrected chi connectivity index (χ4v) is 2.40. The molecule has 0 aromatic rings. The minimum absolute atomic E-state index is 0.0905. The molecule has 1 saturated heterocycles. The van der Waals surface area contributed by atoms with E-state index in [1.807, 2.05) is 25.7 Å². The summed E-state index contributed by atoms with van der Waals surface area (Å²) < 4.78 is 0. The summed E-state index contributed by atoms with van der Waals surface area (Å²) in [4.78, 5) is 15.6. The van der Waals surface area contributed by atoms with Crippen LogP contribution in [0.3, 0.4) is 0 Å². The molecule has 0 spiro atoms. The molecule has 0 bridgehead atoms. The second-order valence-electron chi connectivity index (χ2n) is 5.94. The summed E-state index contributed by atoms with van der Waals surface area (Å²) in [5.41, 5.74) is -0.319. The molecule has 1 heterocycles. The van der Waals surface area contributed by atoms with Crippen LogP contribution in [0.1, 0.15) is 41.5 Å². The van der Waals surface area contributed by atoms with Gasteiger partial charge < -0.3 is 4.90 Å². The smallest absolute Gasteiger partial charge is 0.248 e. The van der Waals surface area contributed by atoms with Crippen LogP contribution >= 0.6 is 12.2 Å². The molecule has 0 radical (unpaired) electrons. The van der Waals surface area contributed by atoms with E-state index in [0.29, 0.717) is 11.7 Å². The molecule has 4 heteroatoms. The average molecular weight is 228 g/mol. The van der Waals surface area contributed by atoms with E-state index in [4.69, 9.17) is 12.2 Å². The van der Waals surface area contributed by atoms with E-state index in [-0.39, 0.29) is 17.0 Å². The lowest BCUT2D eigenvalue weighted by Crippen LogP contribution is -2.49. The van der Waals surface area contributed by atoms with E-state index in [1.165, 1.54) is 0 Å². The van der Waals surface area contributed by atoms with Crippen LogP contribution < -0.4 is 0 Å². The Labute approximate surface area is 97.4 Å². The second-order valence-corrected chi connectivity index (χ2v) is 6.30. The number of amides is 1. The lowest BCUT2D eigenvalue weighted by Gasteiger charge is -2.36. The third-order valence-corrected chi connectivity index (χ3v) is 2.85. The van der Waals surface area contributed by atoms with Crippen LogP contribution in [0.4, 0.5) is 0 Å². The molecule has 0 aromatic heterocycles. The van der Waals surface area contributed by atoms with Crippen LogP contribution in [0.15, 0.2) is 0 Å². The molecular weight excluding hydrogens is 208 g/mol. The Balaban J connectivity index is 3.00. The van der Waals surface area contributed by atoms with E-state index < -0.39 is 0 Å². The summed E-state index contributed by atoms with van der Waals surface area (Å²) in [5.74, 6) is 0.0995. The maximum absolute atomic E-state index is 11.9. The standard InChI is InChI=1S/C11H20N2OS/c1-10(2,3)12-7-8(14)13(9(12)15)11(4,5)6/h7H2,1-6H3. The molecule has 1 amide bonds. The Hall–Kier alpha value is -0.640. The van der Waals surface area contributed by atoms with Gasteiger partial charge in [-0.25, -0.2) is 0 Å². The SMILES string of the molecule is CC(C)(C)N1CC(=O)N(C(C)(C)C)C1=S. The van der Waals surface area contributed by atoms with Gasteiger partial charge in [-0.05, 0) is 53.8 Å². The number of hydrogen-bond donors (Lipinski definition) is 0. The monoisotopic (exact) mass is 228 g/mol. The average Bonchev–Trinajstić information content (AvgIpc) is 2.22. The zero-order valence-electron chi connectivity index (χ0n) is 10.4. The highest BCUT2D eigenvalue weighted by atomic mass is 32.1. The Morgan fingerprint density at radius 3 is 1.73 bits per heavy atom. The molecule has 1 rings (SSSR count). The minimum atomic E-state index is -0.228. The zero-order chi connectivity index (χ0) is 12.0. The van der Waals surface area contributed by atoms with E-state index >= 15 is 0 Å². The minimum Gasteiger partial charge on any atom is -0.335 e. The van der Waals surface area contributed by atoms with Gasteiger partial charge in [-0.3, -0.25) is 9.69 Å². The fraction of sp³-hybridized carbons (Fsp3) is 0.818. The Kier molecular flexibility index (Phi) is 2.85. The quantitative estimate of drug-likeness (QED) is 0.593. The zero-order valence-corrected chi connectivity index (χ0v) is 11.2. The van der Waals surface area contributed by atoms with Gasteiger partial charge in [0.15, 0.2) is 5.11 Å². The van der Waals surface area contributed by atoms with Crippen molar-refractivity contribution in [1.29, 1.82) is 0 Å². The van der Waals surface area contributed by atoms with Crippen molar-refractivity contribution < 1.29 is 4.79 Å². The van der Waals surface area contributed by atoms with Crippen molar-refractivity contribution in [2.45, 2.75) is 52.6 Å². The topological polar surface area (TPSA) is 23.6 Å². The first-order chi connectivity index (χ1) is 6.55. The molecule has 0 unspecified atom stereocenters.